The van der Waals surface area contributed by atoms with Gasteiger partial charge in [-0.05, 0) is 35.6 Å². The number of hydrogen-bond acceptors (Lipinski definition) is 0. The Hall–Kier alpha value is -1.44. The molecule has 0 bridgehead atoms. The van der Waals surface area contributed by atoms with Crippen LogP contribution in [0.25, 0.3) is 10.8 Å². The van der Waals surface area contributed by atoms with Gasteiger partial charge in [-0.15, -0.1) is 0 Å². The molecular weight excluding hydrogens is 242 g/mol. The Kier molecular flexibility index (Phi) is 5.31. The highest BCUT2D eigenvalue weighted by atomic mass is 19.3. The maximum atomic E-state index is 11.9. The molecule has 1 radical (unpaired) electrons. The molecule has 0 nitrogen and oxygen atoms in total. The minimum absolute atomic E-state index is 0.0335. The number of benzene rings is 2. The van der Waals surface area contributed by atoms with Crippen LogP contribution in [-0.2, 0) is 6.42 Å². The van der Waals surface area contributed by atoms with Gasteiger partial charge in [-0.25, -0.2) is 0 Å². The van der Waals surface area contributed by atoms with Gasteiger partial charge in [0.1, 0.15) is 0 Å². The maximum absolute atomic E-state index is 11.9. The molecule has 2 rings (SSSR count). The second-order valence-corrected chi connectivity index (χ2v) is 4.89. The molecule has 101 valence electrons. The monoisotopic (exact) mass is 261 g/mol. The number of aryl methyl sites for hydroxylation is 1. The van der Waals surface area contributed by atoms with Crippen LogP contribution in [0.5, 0.6) is 0 Å². The molecule has 19 heavy (non-hydrogen) atoms. The van der Waals surface area contributed by atoms with Crippen molar-refractivity contribution in [2.24, 2.45) is 0 Å². The summed E-state index contributed by atoms with van der Waals surface area (Å²) in [7, 11) is 0. The highest BCUT2D eigenvalue weighted by Gasteiger charge is 2.04. The van der Waals surface area contributed by atoms with Gasteiger partial charge in [0.2, 0.25) is 0 Å². The van der Waals surface area contributed by atoms with Crippen LogP contribution in [-0.4, -0.2) is 0 Å². The van der Waals surface area contributed by atoms with Crippen LogP contribution in [0.2, 0.25) is 0 Å². The van der Waals surface area contributed by atoms with E-state index in [0.717, 1.165) is 25.7 Å². The molecule has 0 aliphatic rings. The van der Waals surface area contributed by atoms with Crippen LogP contribution in [0.15, 0.2) is 42.5 Å². The Morgan fingerprint density at radius 1 is 0.789 bits per heavy atom. The van der Waals surface area contributed by atoms with Gasteiger partial charge in [0.05, 0.1) is 0 Å². The summed E-state index contributed by atoms with van der Waals surface area (Å²) in [6.45, 7) is 0. The molecule has 0 fully saturated rings. The second-order valence-electron chi connectivity index (χ2n) is 4.89. The fourth-order valence-electron chi connectivity index (χ4n) is 2.44. The van der Waals surface area contributed by atoms with Gasteiger partial charge in [-0.3, -0.25) is 0 Å². The topological polar surface area (TPSA) is 0 Å². The molecule has 2 aromatic carbocycles. The average molecular weight is 261 g/mol. The van der Waals surface area contributed by atoms with Crippen molar-refractivity contribution in [3.63, 3.8) is 0 Å². The first kappa shape index (κ1) is 14.0. The predicted octanol–water partition coefficient (Wildman–Crippen LogP) is 5.76. The summed E-state index contributed by atoms with van der Waals surface area (Å²) in [6.07, 6.45) is 3.16. The zero-order chi connectivity index (χ0) is 13.5. The van der Waals surface area contributed by atoms with Crippen molar-refractivity contribution in [1.29, 1.82) is 0 Å². The lowest BCUT2D eigenvalue weighted by Gasteiger charge is -2.06. The molecule has 0 aliphatic heterocycles. The Labute approximate surface area is 113 Å². The van der Waals surface area contributed by atoms with Gasteiger partial charge < -0.3 is 0 Å². The molecule has 0 spiro atoms. The van der Waals surface area contributed by atoms with Crippen molar-refractivity contribution in [2.45, 2.75) is 38.5 Å². The summed E-state index contributed by atoms with van der Waals surface area (Å²) < 4.78 is 23.8. The van der Waals surface area contributed by atoms with Gasteiger partial charge >= 0.3 is 6.43 Å². The highest BCUT2D eigenvalue weighted by Crippen LogP contribution is 2.21. The van der Waals surface area contributed by atoms with Crippen molar-refractivity contribution in [2.75, 3.05) is 0 Å². The Morgan fingerprint density at radius 3 is 2.37 bits per heavy atom. The third-order valence-electron chi connectivity index (χ3n) is 3.44. The van der Waals surface area contributed by atoms with Crippen LogP contribution >= 0.6 is 0 Å². The van der Waals surface area contributed by atoms with E-state index in [0.29, 0.717) is 6.42 Å². The summed E-state index contributed by atoms with van der Waals surface area (Å²) in [4.78, 5) is 0. The number of halogens is 2. The zero-order valence-electron chi connectivity index (χ0n) is 11.0. The first-order valence-corrected chi connectivity index (χ1v) is 6.91. The van der Waals surface area contributed by atoms with E-state index in [4.69, 9.17) is 0 Å². The predicted molar refractivity (Wildman–Crippen MR) is 76.2 cm³/mol. The molecule has 0 saturated heterocycles. The Bertz CT molecular complexity index is 500. The van der Waals surface area contributed by atoms with Crippen molar-refractivity contribution in [3.8, 4) is 0 Å². The van der Waals surface area contributed by atoms with E-state index < -0.39 is 6.43 Å². The van der Waals surface area contributed by atoms with Crippen molar-refractivity contribution in [1.82, 2.24) is 0 Å². The van der Waals surface area contributed by atoms with Crippen molar-refractivity contribution < 1.29 is 8.78 Å². The molecule has 2 heteroatoms. The lowest BCUT2D eigenvalue weighted by molar-refractivity contribution is 0.264. The standard InChI is InChI=1S/C17H19F2/c18-17(19)13-4-2-1-3-8-14-10-7-11-15-9-5-6-12-16(14)15/h5-7,9-12H,1-4,8,13H2. The quantitative estimate of drug-likeness (QED) is 0.556. The van der Waals surface area contributed by atoms with E-state index in [2.05, 4.69) is 36.4 Å². The number of unbranched alkanes of at least 4 members (excludes halogenated alkanes) is 3. The molecule has 2 aromatic rings. The average Bonchev–Trinajstić information content (AvgIpc) is 2.42. The summed E-state index contributed by atoms with van der Waals surface area (Å²) >= 11 is 0. The van der Waals surface area contributed by atoms with Gasteiger partial charge in [0.25, 0.3) is 0 Å². The summed E-state index contributed by atoms with van der Waals surface area (Å²) in [5.41, 5.74) is 1.36. The molecule has 0 N–H and O–H groups in total. The molecule has 0 atom stereocenters. The fraction of sp³-hybridized carbons (Fsp3) is 0.353. The zero-order valence-corrected chi connectivity index (χ0v) is 11.0. The summed E-state index contributed by atoms with van der Waals surface area (Å²) in [5.74, 6) is 0. The first-order chi connectivity index (χ1) is 9.27. The lowest BCUT2D eigenvalue weighted by Crippen LogP contribution is -1.89. The normalized spacial score (nSPS) is 11.3. The van der Waals surface area contributed by atoms with E-state index in [1.807, 2.05) is 6.07 Å². The fourth-order valence-corrected chi connectivity index (χ4v) is 2.44. The summed E-state index contributed by atoms with van der Waals surface area (Å²) in [5, 5.41) is 2.59. The van der Waals surface area contributed by atoms with E-state index in [1.165, 1.54) is 16.3 Å². The Balaban J connectivity index is 1.82. The van der Waals surface area contributed by atoms with Crippen LogP contribution in [0, 0.1) is 6.43 Å². The SMILES string of the molecule is F[C](F)CCCCCCc1cccc2ccccc12. The lowest BCUT2D eigenvalue weighted by atomic mass is 9.99. The van der Waals surface area contributed by atoms with E-state index in [1.54, 1.807) is 0 Å². The van der Waals surface area contributed by atoms with Crippen LogP contribution < -0.4 is 0 Å². The molecule has 0 aliphatic carbocycles. The van der Waals surface area contributed by atoms with Crippen molar-refractivity contribution >= 4 is 10.8 Å². The molecular formula is C17H19F2. The largest absolute Gasteiger partial charge is 0.310 e. The maximum Gasteiger partial charge on any atom is 0.310 e. The van der Waals surface area contributed by atoms with E-state index in [-0.39, 0.29) is 6.42 Å². The molecule has 0 unspecified atom stereocenters. The minimum Gasteiger partial charge on any atom is -0.200 e. The Morgan fingerprint density at radius 2 is 1.53 bits per heavy atom. The van der Waals surface area contributed by atoms with Crippen LogP contribution in [0.3, 0.4) is 0 Å². The molecule has 0 saturated carbocycles. The van der Waals surface area contributed by atoms with Gasteiger partial charge in [0, 0.05) is 6.42 Å². The van der Waals surface area contributed by atoms with Crippen LogP contribution in [0.4, 0.5) is 8.78 Å². The van der Waals surface area contributed by atoms with Crippen molar-refractivity contribution in [3.05, 3.63) is 54.5 Å². The van der Waals surface area contributed by atoms with Gasteiger partial charge in [-0.2, -0.15) is 8.78 Å². The third-order valence-corrected chi connectivity index (χ3v) is 3.44. The van der Waals surface area contributed by atoms with Crippen LogP contribution in [0.1, 0.15) is 37.7 Å². The van der Waals surface area contributed by atoms with E-state index in [9.17, 15) is 8.78 Å². The third kappa shape index (κ3) is 4.30. The smallest absolute Gasteiger partial charge is 0.200 e. The molecule has 0 aromatic heterocycles. The van der Waals surface area contributed by atoms with E-state index >= 15 is 0 Å². The summed E-state index contributed by atoms with van der Waals surface area (Å²) in [6, 6.07) is 14.8. The second kappa shape index (κ2) is 7.22. The minimum atomic E-state index is -1.44. The first-order valence-electron chi connectivity index (χ1n) is 6.91. The number of fused-ring (bicyclic) bond motifs is 1. The van der Waals surface area contributed by atoms with Gasteiger partial charge in [-0.1, -0.05) is 55.3 Å². The number of hydrogen-bond donors (Lipinski definition) is 0. The molecule has 0 heterocycles. The highest BCUT2D eigenvalue weighted by molar-refractivity contribution is 5.85. The molecule has 0 amide bonds. The number of rotatable bonds is 7. The van der Waals surface area contributed by atoms with Gasteiger partial charge in [0.15, 0.2) is 0 Å².